The van der Waals surface area contributed by atoms with Crippen molar-refractivity contribution in [1.29, 1.82) is 0 Å². The Morgan fingerprint density at radius 1 is 1.00 bits per heavy atom. The lowest BCUT2D eigenvalue weighted by Gasteiger charge is -2.38. The van der Waals surface area contributed by atoms with Crippen molar-refractivity contribution < 1.29 is 4.43 Å². The summed E-state index contributed by atoms with van der Waals surface area (Å²) in [4.78, 5) is 0. The molecule has 4 atom stereocenters. The van der Waals surface area contributed by atoms with Crippen molar-refractivity contribution in [3.8, 4) is 0 Å². The van der Waals surface area contributed by atoms with E-state index in [1.54, 1.807) is 0 Å². The van der Waals surface area contributed by atoms with Crippen molar-refractivity contribution in [1.82, 2.24) is 10.6 Å². The maximum absolute atomic E-state index is 6.70. The zero-order valence-electron chi connectivity index (χ0n) is 20.3. The van der Waals surface area contributed by atoms with Gasteiger partial charge in [0.25, 0.3) is 0 Å². The molecule has 3 nitrogen and oxygen atoms in total. The molecule has 2 N–H and O–H groups in total. The summed E-state index contributed by atoms with van der Waals surface area (Å²) in [6.45, 7) is 14.7. The molecule has 170 valence electrons. The molecule has 1 saturated heterocycles. The van der Waals surface area contributed by atoms with Gasteiger partial charge in [-0.05, 0) is 49.0 Å². The lowest BCUT2D eigenvalue weighted by molar-refractivity contribution is 0.220. The fourth-order valence-electron chi connectivity index (χ4n) is 4.18. The van der Waals surface area contributed by atoms with Crippen molar-refractivity contribution in [2.45, 2.75) is 89.3 Å². The third-order valence-corrected chi connectivity index (χ3v) is 11.7. The van der Waals surface area contributed by atoms with E-state index in [1.165, 1.54) is 30.4 Å². The SMILES string of the molecule is C[C@@H]1CCC[C@H](N[C@@H](CO[Si](C)(C)C(C)(C)C)c2ccccc2)[C@@H](c2ccccc2)N1. The summed E-state index contributed by atoms with van der Waals surface area (Å²) >= 11 is 0. The maximum Gasteiger partial charge on any atom is 0.192 e. The first-order chi connectivity index (χ1) is 14.7. The topological polar surface area (TPSA) is 33.3 Å². The van der Waals surface area contributed by atoms with Crippen LogP contribution < -0.4 is 10.6 Å². The average Bonchev–Trinajstić information content (AvgIpc) is 2.92. The van der Waals surface area contributed by atoms with Crippen LogP contribution in [-0.2, 0) is 4.43 Å². The molecule has 31 heavy (non-hydrogen) atoms. The fourth-order valence-corrected chi connectivity index (χ4v) is 5.19. The normalized spacial score (nSPS) is 23.9. The van der Waals surface area contributed by atoms with Gasteiger partial charge in [0.05, 0.1) is 12.6 Å². The van der Waals surface area contributed by atoms with Gasteiger partial charge in [-0.15, -0.1) is 0 Å². The minimum atomic E-state index is -1.82. The summed E-state index contributed by atoms with van der Waals surface area (Å²) in [5, 5.41) is 8.15. The van der Waals surface area contributed by atoms with Crippen LogP contribution in [0.1, 0.15) is 70.2 Å². The number of nitrogens with one attached hydrogen (secondary N) is 2. The largest absolute Gasteiger partial charge is 0.415 e. The van der Waals surface area contributed by atoms with Crippen molar-refractivity contribution in [3.63, 3.8) is 0 Å². The highest BCUT2D eigenvalue weighted by molar-refractivity contribution is 6.74. The van der Waals surface area contributed by atoms with Gasteiger partial charge in [-0.2, -0.15) is 0 Å². The Balaban J connectivity index is 1.84. The van der Waals surface area contributed by atoms with E-state index in [0.717, 1.165) is 0 Å². The molecule has 2 aromatic carbocycles. The highest BCUT2D eigenvalue weighted by atomic mass is 28.4. The van der Waals surface area contributed by atoms with Gasteiger partial charge < -0.3 is 15.1 Å². The van der Waals surface area contributed by atoms with Gasteiger partial charge in [-0.1, -0.05) is 87.9 Å². The van der Waals surface area contributed by atoms with Gasteiger partial charge in [-0.3, -0.25) is 0 Å². The first-order valence-electron chi connectivity index (χ1n) is 11.9. The van der Waals surface area contributed by atoms with Crippen molar-refractivity contribution >= 4 is 8.32 Å². The summed E-state index contributed by atoms with van der Waals surface area (Å²) in [5.74, 6) is 0. The smallest absolute Gasteiger partial charge is 0.192 e. The Morgan fingerprint density at radius 3 is 2.23 bits per heavy atom. The van der Waals surface area contributed by atoms with E-state index in [9.17, 15) is 0 Å². The maximum atomic E-state index is 6.70. The predicted molar refractivity (Wildman–Crippen MR) is 135 cm³/mol. The Hall–Kier alpha value is -1.46. The molecule has 4 heteroatoms. The van der Waals surface area contributed by atoms with Crippen LogP contribution in [0, 0.1) is 0 Å². The first-order valence-corrected chi connectivity index (χ1v) is 14.8. The molecule has 1 aliphatic rings. The molecule has 1 aliphatic heterocycles. The third-order valence-electron chi connectivity index (χ3n) is 7.21. The summed E-state index contributed by atoms with van der Waals surface area (Å²) < 4.78 is 6.70. The van der Waals surface area contributed by atoms with Crippen LogP contribution in [-0.4, -0.2) is 27.0 Å². The first kappa shape index (κ1) is 24.2. The molecule has 0 aliphatic carbocycles. The Morgan fingerprint density at radius 2 is 1.61 bits per heavy atom. The zero-order chi connectivity index (χ0) is 22.5. The minimum absolute atomic E-state index is 0.182. The van der Waals surface area contributed by atoms with Gasteiger partial charge >= 0.3 is 0 Å². The Kier molecular flexibility index (Phi) is 8.14. The molecule has 0 bridgehead atoms. The highest BCUT2D eigenvalue weighted by Crippen LogP contribution is 2.37. The lowest BCUT2D eigenvalue weighted by Crippen LogP contribution is -2.47. The summed E-state index contributed by atoms with van der Waals surface area (Å²) in [5.41, 5.74) is 2.68. The molecule has 0 spiro atoms. The molecule has 2 aromatic rings. The number of benzene rings is 2. The van der Waals surface area contributed by atoms with Crippen LogP contribution in [0.3, 0.4) is 0 Å². The summed E-state index contributed by atoms with van der Waals surface area (Å²) in [6, 6.07) is 23.1. The Labute approximate surface area is 191 Å². The van der Waals surface area contributed by atoms with E-state index >= 15 is 0 Å². The molecule has 1 heterocycles. The van der Waals surface area contributed by atoms with Crippen molar-refractivity contribution in [2.24, 2.45) is 0 Å². The van der Waals surface area contributed by atoms with Crippen LogP contribution >= 0.6 is 0 Å². The summed E-state index contributed by atoms with van der Waals surface area (Å²) in [7, 11) is -1.82. The van der Waals surface area contributed by atoms with Crippen molar-refractivity contribution in [2.75, 3.05) is 6.61 Å². The molecule has 3 rings (SSSR count). The van der Waals surface area contributed by atoms with Crippen LogP contribution in [0.4, 0.5) is 0 Å². The Bertz CT molecular complexity index is 788. The van der Waals surface area contributed by atoms with Gasteiger partial charge in [0.15, 0.2) is 8.32 Å². The number of rotatable bonds is 7. The third kappa shape index (κ3) is 6.52. The van der Waals surface area contributed by atoms with Gasteiger partial charge in [0.1, 0.15) is 0 Å². The van der Waals surface area contributed by atoms with Gasteiger partial charge in [-0.25, -0.2) is 0 Å². The second-order valence-corrected chi connectivity index (χ2v) is 15.5. The van der Waals surface area contributed by atoms with Crippen LogP contribution in [0.15, 0.2) is 60.7 Å². The fraction of sp³-hybridized carbons (Fsp3) is 0.556. The van der Waals surface area contributed by atoms with E-state index < -0.39 is 8.32 Å². The van der Waals surface area contributed by atoms with E-state index in [-0.39, 0.29) is 11.1 Å². The molecule has 0 aromatic heterocycles. The van der Waals surface area contributed by atoms with Gasteiger partial charge in [0, 0.05) is 18.1 Å². The monoisotopic (exact) mass is 438 g/mol. The molecular formula is C27H42N2OSi. The quantitative estimate of drug-likeness (QED) is 0.477. The summed E-state index contributed by atoms with van der Waals surface area (Å²) in [6.07, 6.45) is 3.62. The molecule has 0 unspecified atom stereocenters. The molecule has 0 radical (unpaired) electrons. The standard InChI is InChI=1S/C27H42N2OSi/c1-21-14-13-19-24(26(28-21)23-17-11-8-12-18-23)29-25(22-15-9-7-10-16-22)20-30-31(5,6)27(2,3)4/h7-12,15-18,21,24-26,28-29H,13-14,19-20H2,1-6H3/t21-,24+,25+,26-/m1/s1. The van der Waals surface area contributed by atoms with E-state index in [0.29, 0.717) is 24.7 Å². The molecule has 1 fully saturated rings. The van der Waals surface area contributed by atoms with E-state index in [4.69, 9.17) is 4.43 Å². The van der Waals surface area contributed by atoms with E-state index in [2.05, 4.69) is 112 Å². The van der Waals surface area contributed by atoms with E-state index in [1.807, 2.05) is 0 Å². The minimum Gasteiger partial charge on any atom is -0.415 e. The van der Waals surface area contributed by atoms with Crippen molar-refractivity contribution in [3.05, 3.63) is 71.8 Å². The van der Waals surface area contributed by atoms with Crippen LogP contribution in [0.5, 0.6) is 0 Å². The molecule has 0 saturated carbocycles. The highest BCUT2D eigenvalue weighted by Gasteiger charge is 2.38. The number of hydrogen-bond donors (Lipinski definition) is 2. The predicted octanol–water partition coefficient (Wildman–Crippen LogP) is 6.61. The second kappa shape index (κ2) is 10.4. The lowest BCUT2D eigenvalue weighted by atomic mass is 9.95. The van der Waals surface area contributed by atoms with Gasteiger partial charge in [0.2, 0.25) is 0 Å². The zero-order valence-corrected chi connectivity index (χ0v) is 21.3. The van der Waals surface area contributed by atoms with Crippen LogP contribution in [0.2, 0.25) is 18.1 Å². The second-order valence-electron chi connectivity index (χ2n) is 10.7. The average molecular weight is 439 g/mol. The molecular weight excluding hydrogens is 396 g/mol. The number of hydrogen-bond acceptors (Lipinski definition) is 3. The van der Waals surface area contributed by atoms with Crippen LogP contribution in [0.25, 0.3) is 0 Å². The molecule has 0 amide bonds.